The molecule has 0 saturated heterocycles. The van der Waals surface area contributed by atoms with Crippen molar-refractivity contribution >= 4 is 11.7 Å². The Morgan fingerprint density at radius 3 is 3.06 bits per heavy atom. The quantitative estimate of drug-likeness (QED) is 0.667. The van der Waals surface area contributed by atoms with Crippen LogP contribution in [0.2, 0.25) is 0 Å². The smallest absolute Gasteiger partial charge is 0.255 e. The van der Waals surface area contributed by atoms with Crippen molar-refractivity contribution in [3.8, 4) is 0 Å². The summed E-state index contributed by atoms with van der Waals surface area (Å²) in [6.07, 6.45) is 1.52. The van der Waals surface area contributed by atoms with Crippen molar-refractivity contribution < 1.29 is 4.79 Å². The largest absolute Gasteiger partial charge is 0.383 e. The van der Waals surface area contributed by atoms with E-state index in [9.17, 15) is 4.79 Å². The topological polar surface area (TPSA) is 122 Å². The monoisotopic (exact) mass is 233 g/mol. The molecule has 2 rings (SSSR count). The van der Waals surface area contributed by atoms with Gasteiger partial charge < -0.3 is 11.1 Å². The summed E-state index contributed by atoms with van der Waals surface area (Å²) in [5.41, 5.74) is 5.92. The van der Waals surface area contributed by atoms with Gasteiger partial charge in [-0.25, -0.2) is 4.98 Å². The molecule has 4 N–H and O–H groups in total. The van der Waals surface area contributed by atoms with Crippen LogP contribution in [-0.4, -0.2) is 31.5 Å². The lowest BCUT2D eigenvalue weighted by Gasteiger charge is -2.10. The number of nitrogens with zero attached hydrogens (tertiary/aromatic N) is 4. The molecule has 88 valence electrons. The molecule has 0 aromatic carbocycles. The summed E-state index contributed by atoms with van der Waals surface area (Å²) in [5.74, 6) is 0.263. The number of aromatic amines is 1. The van der Waals surface area contributed by atoms with Crippen molar-refractivity contribution in [1.29, 1.82) is 0 Å². The van der Waals surface area contributed by atoms with Gasteiger partial charge in [-0.3, -0.25) is 4.79 Å². The second-order valence-corrected chi connectivity index (χ2v) is 3.40. The van der Waals surface area contributed by atoms with Crippen LogP contribution in [0.4, 0.5) is 5.82 Å². The number of carbonyl (C=O) groups excluding carboxylic acids is 1. The predicted molar refractivity (Wildman–Crippen MR) is 58.7 cm³/mol. The zero-order valence-corrected chi connectivity index (χ0v) is 9.08. The summed E-state index contributed by atoms with van der Waals surface area (Å²) >= 11 is 0. The molecule has 0 aliphatic carbocycles. The van der Waals surface area contributed by atoms with E-state index in [0.717, 1.165) is 0 Å². The van der Waals surface area contributed by atoms with E-state index in [1.165, 1.54) is 6.20 Å². The highest BCUT2D eigenvalue weighted by atomic mass is 16.1. The van der Waals surface area contributed by atoms with Crippen LogP contribution in [0.15, 0.2) is 18.3 Å². The number of aromatic nitrogens is 5. The number of rotatable bonds is 3. The van der Waals surface area contributed by atoms with Crippen LogP contribution in [0, 0.1) is 0 Å². The first-order valence-corrected chi connectivity index (χ1v) is 4.93. The molecule has 0 aliphatic heterocycles. The zero-order valence-electron chi connectivity index (χ0n) is 9.08. The second kappa shape index (κ2) is 4.56. The molecule has 2 heterocycles. The summed E-state index contributed by atoms with van der Waals surface area (Å²) < 4.78 is 0. The molecule has 17 heavy (non-hydrogen) atoms. The Kier molecular flexibility index (Phi) is 2.95. The van der Waals surface area contributed by atoms with Crippen molar-refractivity contribution in [2.24, 2.45) is 0 Å². The molecule has 1 unspecified atom stereocenters. The van der Waals surface area contributed by atoms with Gasteiger partial charge in [-0.05, 0) is 19.1 Å². The normalized spacial score (nSPS) is 12.1. The van der Waals surface area contributed by atoms with Gasteiger partial charge in [0.05, 0.1) is 11.6 Å². The number of nitrogens with one attached hydrogen (secondary N) is 2. The fourth-order valence-electron chi connectivity index (χ4n) is 1.30. The number of hydrogen-bond acceptors (Lipinski definition) is 6. The number of pyridine rings is 1. The Balaban J connectivity index is 2.10. The third kappa shape index (κ3) is 2.36. The SMILES string of the molecule is CC(NC(=O)c1cccnc1N)c1nn[nH]n1. The number of nitrogens with two attached hydrogens (primary N) is 1. The van der Waals surface area contributed by atoms with Crippen LogP contribution in [-0.2, 0) is 0 Å². The maximum Gasteiger partial charge on any atom is 0.255 e. The van der Waals surface area contributed by atoms with E-state index in [4.69, 9.17) is 5.73 Å². The van der Waals surface area contributed by atoms with Crippen molar-refractivity contribution in [2.45, 2.75) is 13.0 Å². The highest BCUT2D eigenvalue weighted by Gasteiger charge is 2.16. The van der Waals surface area contributed by atoms with Gasteiger partial charge in [0.25, 0.3) is 5.91 Å². The van der Waals surface area contributed by atoms with E-state index >= 15 is 0 Å². The molecule has 0 fully saturated rings. The van der Waals surface area contributed by atoms with Crippen LogP contribution in [0.3, 0.4) is 0 Å². The predicted octanol–water partition coefficient (Wildman–Crippen LogP) is -0.332. The summed E-state index contributed by atoms with van der Waals surface area (Å²) in [4.78, 5) is 15.7. The van der Waals surface area contributed by atoms with E-state index in [1.54, 1.807) is 19.1 Å². The Labute approximate surface area is 96.6 Å². The van der Waals surface area contributed by atoms with Gasteiger partial charge in [0, 0.05) is 6.20 Å². The van der Waals surface area contributed by atoms with E-state index in [1.807, 2.05) is 0 Å². The van der Waals surface area contributed by atoms with Gasteiger partial charge in [0.1, 0.15) is 5.82 Å². The summed E-state index contributed by atoms with van der Waals surface area (Å²) in [6, 6.07) is 2.88. The lowest BCUT2D eigenvalue weighted by atomic mass is 10.2. The molecule has 8 nitrogen and oxygen atoms in total. The average Bonchev–Trinajstić information content (AvgIpc) is 2.82. The minimum absolute atomic E-state index is 0.185. The van der Waals surface area contributed by atoms with Crippen LogP contribution in [0.5, 0.6) is 0 Å². The molecule has 0 saturated carbocycles. The highest BCUT2D eigenvalue weighted by molar-refractivity contribution is 5.98. The first-order chi connectivity index (χ1) is 8.18. The fraction of sp³-hybridized carbons (Fsp3) is 0.222. The molecule has 2 aromatic heterocycles. The van der Waals surface area contributed by atoms with Crippen molar-refractivity contribution in [1.82, 2.24) is 30.9 Å². The Morgan fingerprint density at radius 2 is 2.41 bits per heavy atom. The molecule has 0 radical (unpaired) electrons. The van der Waals surface area contributed by atoms with E-state index in [2.05, 4.69) is 30.9 Å². The Hall–Kier alpha value is -2.51. The van der Waals surface area contributed by atoms with Crippen molar-refractivity contribution in [2.75, 3.05) is 5.73 Å². The minimum atomic E-state index is -0.360. The van der Waals surface area contributed by atoms with E-state index in [0.29, 0.717) is 11.4 Å². The molecule has 0 spiro atoms. The summed E-state index contributed by atoms with van der Waals surface area (Å²) in [5, 5.41) is 16.0. The number of nitrogen functional groups attached to an aromatic ring is 1. The number of carbonyl (C=O) groups is 1. The van der Waals surface area contributed by atoms with Crippen LogP contribution >= 0.6 is 0 Å². The highest BCUT2D eigenvalue weighted by Crippen LogP contribution is 2.10. The number of anilines is 1. The molecule has 8 heteroatoms. The average molecular weight is 233 g/mol. The first-order valence-electron chi connectivity index (χ1n) is 4.93. The van der Waals surface area contributed by atoms with Gasteiger partial charge in [0.2, 0.25) is 0 Å². The summed E-state index contributed by atoms with van der Waals surface area (Å²) in [6.45, 7) is 1.75. The van der Waals surface area contributed by atoms with Crippen LogP contribution < -0.4 is 11.1 Å². The lowest BCUT2D eigenvalue weighted by molar-refractivity contribution is 0.0939. The fourth-order valence-corrected chi connectivity index (χ4v) is 1.30. The summed E-state index contributed by atoms with van der Waals surface area (Å²) in [7, 11) is 0. The van der Waals surface area contributed by atoms with Crippen LogP contribution in [0.1, 0.15) is 29.1 Å². The third-order valence-electron chi connectivity index (χ3n) is 2.18. The number of tetrazole rings is 1. The molecule has 0 bridgehead atoms. The maximum absolute atomic E-state index is 11.9. The second-order valence-electron chi connectivity index (χ2n) is 3.40. The minimum Gasteiger partial charge on any atom is -0.383 e. The third-order valence-corrected chi connectivity index (χ3v) is 2.18. The van der Waals surface area contributed by atoms with Gasteiger partial charge in [-0.1, -0.05) is 5.21 Å². The van der Waals surface area contributed by atoms with Gasteiger partial charge in [-0.2, -0.15) is 5.21 Å². The standard InChI is InChI=1S/C9H11N7O/c1-5(8-13-15-16-14-8)12-9(17)6-3-2-4-11-7(6)10/h2-5H,1H3,(H2,10,11)(H,12,17)(H,13,14,15,16). The molecule has 2 aromatic rings. The Bertz CT molecular complexity index is 510. The molecule has 1 atom stereocenters. The van der Waals surface area contributed by atoms with Gasteiger partial charge in [-0.15, -0.1) is 10.2 Å². The molecular formula is C9H11N7O. The lowest BCUT2D eigenvalue weighted by Crippen LogP contribution is -2.28. The number of amides is 1. The maximum atomic E-state index is 11.9. The Morgan fingerprint density at radius 1 is 1.59 bits per heavy atom. The van der Waals surface area contributed by atoms with Crippen molar-refractivity contribution in [3.05, 3.63) is 29.7 Å². The van der Waals surface area contributed by atoms with Crippen molar-refractivity contribution in [3.63, 3.8) is 0 Å². The number of H-pyrrole nitrogens is 1. The first kappa shape index (κ1) is 11.0. The molecular weight excluding hydrogens is 222 g/mol. The molecule has 0 aliphatic rings. The van der Waals surface area contributed by atoms with Crippen LogP contribution in [0.25, 0.3) is 0 Å². The van der Waals surface area contributed by atoms with Gasteiger partial charge >= 0.3 is 0 Å². The number of hydrogen-bond donors (Lipinski definition) is 3. The zero-order chi connectivity index (χ0) is 12.3. The van der Waals surface area contributed by atoms with E-state index in [-0.39, 0.29) is 17.8 Å². The molecule has 1 amide bonds. The van der Waals surface area contributed by atoms with Gasteiger partial charge in [0.15, 0.2) is 5.82 Å². The van der Waals surface area contributed by atoms with E-state index < -0.39 is 0 Å².